The molecular formula is C19H17N3O2S. The number of amides is 1. The molecule has 0 radical (unpaired) electrons. The van der Waals surface area contributed by atoms with Crippen LogP contribution in [0.4, 0.5) is 0 Å². The van der Waals surface area contributed by atoms with Crippen LogP contribution < -0.4 is 10.9 Å². The van der Waals surface area contributed by atoms with Crippen molar-refractivity contribution in [2.45, 2.75) is 18.9 Å². The standard InChI is InChI=1S/C19H17N3O2S/c23-17(21-16(12-6-7-12)11-4-2-1-3-5-11)13-8-9-14-15(10-13)20-19(25)22-18(14)24/h1-5,8-10,12,16H,6-7H2,(H,21,23)(H2,20,22,24,25)/t16-/m1/s1. The van der Waals surface area contributed by atoms with Gasteiger partial charge in [-0.15, -0.1) is 0 Å². The first kappa shape index (κ1) is 15.8. The fraction of sp³-hybridized carbons (Fsp3) is 0.211. The fourth-order valence-electron chi connectivity index (χ4n) is 3.10. The molecule has 3 N–H and O–H groups in total. The molecule has 0 bridgehead atoms. The maximum absolute atomic E-state index is 12.7. The smallest absolute Gasteiger partial charge is 0.259 e. The van der Waals surface area contributed by atoms with Crippen LogP contribution in [0.15, 0.2) is 53.3 Å². The van der Waals surface area contributed by atoms with Gasteiger partial charge < -0.3 is 10.3 Å². The van der Waals surface area contributed by atoms with Crippen LogP contribution >= 0.6 is 12.2 Å². The highest BCUT2D eigenvalue weighted by atomic mass is 32.1. The van der Waals surface area contributed by atoms with Gasteiger partial charge in [-0.25, -0.2) is 0 Å². The number of H-pyrrole nitrogens is 2. The molecule has 1 heterocycles. The van der Waals surface area contributed by atoms with Crippen LogP contribution in [-0.4, -0.2) is 15.9 Å². The summed E-state index contributed by atoms with van der Waals surface area (Å²) in [6.07, 6.45) is 2.25. The Morgan fingerprint density at radius 3 is 2.60 bits per heavy atom. The molecule has 1 atom stereocenters. The van der Waals surface area contributed by atoms with Gasteiger partial charge in [0.05, 0.1) is 16.9 Å². The van der Waals surface area contributed by atoms with Crippen molar-refractivity contribution in [1.82, 2.24) is 15.3 Å². The van der Waals surface area contributed by atoms with E-state index in [4.69, 9.17) is 12.2 Å². The largest absolute Gasteiger partial charge is 0.345 e. The van der Waals surface area contributed by atoms with Crippen LogP contribution in [0.3, 0.4) is 0 Å². The Morgan fingerprint density at radius 1 is 1.12 bits per heavy atom. The Morgan fingerprint density at radius 2 is 1.88 bits per heavy atom. The van der Waals surface area contributed by atoms with Crippen molar-refractivity contribution in [2.24, 2.45) is 5.92 Å². The van der Waals surface area contributed by atoms with Crippen LogP contribution in [0.1, 0.15) is 34.8 Å². The summed E-state index contributed by atoms with van der Waals surface area (Å²) in [5, 5.41) is 3.62. The maximum Gasteiger partial charge on any atom is 0.259 e. The van der Waals surface area contributed by atoms with E-state index in [-0.39, 0.29) is 22.3 Å². The van der Waals surface area contributed by atoms with E-state index in [2.05, 4.69) is 15.3 Å². The minimum atomic E-state index is -0.258. The maximum atomic E-state index is 12.7. The zero-order valence-corrected chi connectivity index (χ0v) is 14.2. The van der Waals surface area contributed by atoms with Crippen LogP contribution in [0.5, 0.6) is 0 Å². The molecule has 1 fully saturated rings. The first-order chi connectivity index (χ1) is 12.1. The molecule has 0 unspecified atom stereocenters. The van der Waals surface area contributed by atoms with Crippen LogP contribution in [0.2, 0.25) is 0 Å². The SMILES string of the molecule is O=C(N[C@H](c1ccccc1)C1CC1)c1ccc2c(=O)[nH]c(=S)[nH]c2c1. The Kier molecular flexibility index (Phi) is 3.97. The zero-order valence-electron chi connectivity index (χ0n) is 13.4. The van der Waals surface area contributed by atoms with Gasteiger partial charge in [0.25, 0.3) is 11.5 Å². The molecule has 1 aliphatic rings. The fourth-order valence-corrected chi connectivity index (χ4v) is 3.30. The lowest BCUT2D eigenvalue weighted by Crippen LogP contribution is -2.30. The first-order valence-electron chi connectivity index (χ1n) is 8.24. The molecule has 0 spiro atoms. The van der Waals surface area contributed by atoms with Gasteiger partial charge in [0, 0.05) is 5.56 Å². The Bertz CT molecular complexity index is 1050. The summed E-state index contributed by atoms with van der Waals surface area (Å²) in [7, 11) is 0. The number of aromatic amines is 2. The number of benzene rings is 2. The number of hydrogen-bond acceptors (Lipinski definition) is 3. The van der Waals surface area contributed by atoms with E-state index in [1.807, 2.05) is 30.3 Å². The summed E-state index contributed by atoms with van der Waals surface area (Å²) in [4.78, 5) is 30.1. The third-order valence-corrected chi connectivity index (χ3v) is 4.74. The van der Waals surface area contributed by atoms with Crippen molar-refractivity contribution in [3.05, 3.63) is 74.8 Å². The molecule has 1 amide bonds. The van der Waals surface area contributed by atoms with Gasteiger partial charge >= 0.3 is 0 Å². The number of hydrogen-bond donors (Lipinski definition) is 3. The molecule has 3 aromatic rings. The van der Waals surface area contributed by atoms with E-state index in [0.29, 0.717) is 22.4 Å². The molecule has 1 saturated carbocycles. The highest BCUT2D eigenvalue weighted by Crippen LogP contribution is 2.41. The monoisotopic (exact) mass is 351 g/mol. The van der Waals surface area contributed by atoms with E-state index in [9.17, 15) is 9.59 Å². The average Bonchev–Trinajstić information content (AvgIpc) is 3.44. The molecule has 5 nitrogen and oxygen atoms in total. The summed E-state index contributed by atoms with van der Waals surface area (Å²) >= 11 is 5.00. The topological polar surface area (TPSA) is 77.8 Å². The third-order valence-electron chi connectivity index (χ3n) is 4.54. The van der Waals surface area contributed by atoms with Crippen molar-refractivity contribution in [2.75, 3.05) is 0 Å². The molecule has 2 aromatic carbocycles. The lowest BCUT2D eigenvalue weighted by molar-refractivity contribution is 0.0932. The number of aromatic nitrogens is 2. The normalized spacial score (nSPS) is 15.0. The summed E-state index contributed by atoms with van der Waals surface area (Å²) in [5.41, 5.74) is 1.93. The summed E-state index contributed by atoms with van der Waals surface area (Å²) in [6.45, 7) is 0. The van der Waals surface area contributed by atoms with E-state index < -0.39 is 0 Å². The molecule has 6 heteroatoms. The highest BCUT2D eigenvalue weighted by molar-refractivity contribution is 7.71. The van der Waals surface area contributed by atoms with Gasteiger partial charge in [-0.2, -0.15) is 0 Å². The van der Waals surface area contributed by atoms with E-state index in [0.717, 1.165) is 18.4 Å². The van der Waals surface area contributed by atoms with E-state index in [1.165, 1.54) is 0 Å². The van der Waals surface area contributed by atoms with Gasteiger partial charge in [-0.05, 0) is 54.7 Å². The van der Waals surface area contributed by atoms with Crippen LogP contribution in [0.25, 0.3) is 10.9 Å². The van der Waals surface area contributed by atoms with Crippen molar-refractivity contribution >= 4 is 29.0 Å². The predicted octanol–water partition coefficient (Wildman–Crippen LogP) is 3.47. The summed E-state index contributed by atoms with van der Waals surface area (Å²) < 4.78 is 0.246. The number of rotatable bonds is 4. The summed E-state index contributed by atoms with van der Waals surface area (Å²) in [6, 6.07) is 15.0. The van der Waals surface area contributed by atoms with Crippen molar-refractivity contribution in [3.8, 4) is 0 Å². The Hall–Kier alpha value is -2.73. The van der Waals surface area contributed by atoms with Gasteiger partial charge in [0.2, 0.25) is 0 Å². The lowest BCUT2D eigenvalue weighted by atomic mass is 10.0. The molecule has 0 saturated heterocycles. The number of fused-ring (bicyclic) bond motifs is 1. The second-order valence-corrected chi connectivity index (χ2v) is 6.78. The first-order valence-corrected chi connectivity index (χ1v) is 8.65. The minimum absolute atomic E-state index is 0.0158. The van der Waals surface area contributed by atoms with Crippen LogP contribution in [-0.2, 0) is 0 Å². The third kappa shape index (κ3) is 3.25. The quantitative estimate of drug-likeness (QED) is 0.630. The molecular weight excluding hydrogens is 334 g/mol. The minimum Gasteiger partial charge on any atom is -0.345 e. The second kappa shape index (κ2) is 6.29. The highest BCUT2D eigenvalue weighted by Gasteiger charge is 2.33. The lowest BCUT2D eigenvalue weighted by Gasteiger charge is -2.19. The van der Waals surface area contributed by atoms with Gasteiger partial charge in [0.1, 0.15) is 0 Å². The number of carbonyl (C=O) groups is 1. The molecule has 126 valence electrons. The molecule has 0 aliphatic heterocycles. The number of nitrogens with one attached hydrogen (secondary N) is 3. The average molecular weight is 351 g/mol. The van der Waals surface area contributed by atoms with Crippen molar-refractivity contribution in [1.29, 1.82) is 0 Å². The van der Waals surface area contributed by atoms with Gasteiger partial charge in [-0.3, -0.25) is 14.6 Å². The van der Waals surface area contributed by atoms with Crippen molar-refractivity contribution in [3.63, 3.8) is 0 Å². The second-order valence-electron chi connectivity index (χ2n) is 6.37. The molecule has 4 rings (SSSR count). The molecule has 25 heavy (non-hydrogen) atoms. The van der Waals surface area contributed by atoms with Crippen LogP contribution in [0, 0.1) is 10.7 Å². The van der Waals surface area contributed by atoms with Gasteiger partial charge in [-0.1, -0.05) is 30.3 Å². The van der Waals surface area contributed by atoms with E-state index in [1.54, 1.807) is 18.2 Å². The zero-order chi connectivity index (χ0) is 17.4. The predicted molar refractivity (Wildman–Crippen MR) is 99.1 cm³/mol. The Balaban J connectivity index is 1.65. The van der Waals surface area contributed by atoms with E-state index >= 15 is 0 Å². The van der Waals surface area contributed by atoms with Gasteiger partial charge in [0.15, 0.2) is 4.77 Å². The number of carbonyl (C=O) groups excluding carboxylic acids is 1. The van der Waals surface area contributed by atoms with Crippen molar-refractivity contribution < 1.29 is 4.79 Å². The molecule has 1 aromatic heterocycles. The molecule has 1 aliphatic carbocycles. The Labute approximate surface area is 149 Å². The summed E-state index contributed by atoms with van der Waals surface area (Å²) in [5.74, 6) is 0.336.